The van der Waals surface area contributed by atoms with Crippen molar-refractivity contribution in [2.24, 2.45) is 0 Å². The summed E-state index contributed by atoms with van der Waals surface area (Å²) in [6, 6.07) is 10.4. The third-order valence-electron chi connectivity index (χ3n) is 2.77. The van der Waals surface area contributed by atoms with Gasteiger partial charge in [-0.2, -0.15) is 0 Å². The monoisotopic (exact) mass is 251 g/mol. The first-order chi connectivity index (χ1) is 8.13. The van der Waals surface area contributed by atoms with Gasteiger partial charge in [-0.25, -0.2) is 0 Å². The largest absolute Gasteiger partial charge is 0.468 e. The highest BCUT2D eigenvalue weighted by atomic mass is 32.1. The average Bonchev–Trinajstić information content (AvgIpc) is 2.36. The molecule has 0 N–H and O–H groups in total. The van der Waals surface area contributed by atoms with Crippen molar-refractivity contribution in [1.82, 2.24) is 4.90 Å². The van der Waals surface area contributed by atoms with Crippen molar-refractivity contribution in [2.75, 3.05) is 13.6 Å². The van der Waals surface area contributed by atoms with Crippen LogP contribution >= 0.6 is 12.2 Å². The van der Waals surface area contributed by atoms with Gasteiger partial charge in [0.25, 0.3) is 5.17 Å². The fourth-order valence-electron chi connectivity index (χ4n) is 1.38. The van der Waals surface area contributed by atoms with Gasteiger partial charge < -0.3 is 9.64 Å². The molecule has 0 amide bonds. The minimum atomic E-state index is 0.196. The number of benzene rings is 1. The molecule has 1 rings (SSSR count). The summed E-state index contributed by atoms with van der Waals surface area (Å²) in [6.45, 7) is 5.02. The topological polar surface area (TPSA) is 12.5 Å². The van der Waals surface area contributed by atoms with Crippen LogP contribution in [0.25, 0.3) is 0 Å². The summed E-state index contributed by atoms with van der Waals surface area (Å²) in [4.78, 5) is 1.99. The molecule has 0 saturated heterocycles. The minimum absolute atomic E-state index is 0.196. The zero-order valence-electron chi connectivity index (χ0n) is 10.8. The molecule has 0 aliphatic carbocycles. The van der Waals surface area contributed by atoms with E-state index in [4.69, 9.17) is 17.0 Å². The van der Waals surface area contributed by atoms with Crippen LogP contribution in [0.5, 0.6) is 0 Å². The van der Waals surface area contributed by atoms with Crippen LogP contribution in [0.15, 0.2) is 30.3 Å². The van der Waals surface area contributed by atoms with E-state index in [1.807, 2.05) is 24.9 Å². The molecule has 0 aromatic heterocycles. The molecule has 17 heavy (non-hydrogen) atoms. The third kappa shape index (κ3) is 5.18. The first-order valence-corrected chi connectivity index (χ1v) is 6.50. The van der Waals surface area contributed by atoms with E-state index in [0.29, 0.717) is 5.17 Å². The number of thiocarbonyl (C=S) groups is 1. The quantitative estimate of drug-likeness (QED) is 0.745. The van der Waals surface area contributed by atoms with Gasteiger partial charge in [-0.15, -0.1) is 0 Å². The van der Waals surface area contributed by atoms with Crippen molar-refractivity contribution in [3.63, 3.8) is 0 Å². The highest BCUT2D eigenvalue weighted by Gasteiger charge is 2.08. The molecule has 0 saturated carbocycles. The smallest absolute Gasteiger partial charge is 0.259 e. The Bertz CT molecular complexity index is 339. The van der Waals surface area contributed by atoms with E-state index in [0.717, 1.165) is 19.4 Å². The number of ether oxygens (including phenoxy) is 1. The van der Waals surface area contributed by atoms with Gasteiger partial charge in [-0.05, 0) is 37.5 Å². The van der Waals surface area contributed by atoms with Crippen molar-refractivity contribution in [2.45, 2.75) is 32.8 Å². The summed E-state index contributed by atoms with van der Waals surface area (Å²) in [5.41, 5.74) is 1.32. The van der Waals surface area contributed by atoms with Crippen molar-refractivity contribution in [3.8, 4) is 0 Å². The predicted octanol–water partition coefficient (Wildman–Crippen LogP) is 3.26. The van der Waals surface area contributed by atoms with Crippen LogP contribution in [0.1, 0.15) is 25.8 Å². The zero-order chi connectivity index (χ0) is 12.7. The lowest BCUT2D eigenvalue weighted by Crippen LogP contribution is -2.31. The van der Waals surface area contributed by atoms with Crippen LogP contribution in [-0.2, 0) is 11.2 Å². The van der Waals surface area contributed by atoms with Crippen molar-refractivity contribution in [1.29, 1.82) is 0 Å². The summed E-state index contributed by atoms with van der Waals surface area (Å²) in [6.07, 6.45) is 2.16. The van der Waals surface area contributed by atoms with E-state index in [2.05, 4.69) is 31.2 Å². The molecule has 1 aromatic rings. The summed E-state index contributed by atoms with van der Waals surface area (Å²) in [7, 11) is 1.98. The van der Waals surface area contributed by atoms with Crippen LogP contribution in [0, 0.1) is 0 Å². The van der Waals surface area contributed by atoms with Crippen LogP contribution in [0.4, 0.5) is 0 Å². The van der Waals surface area contributed by atoms with Gasteiger partial charge in [0.1, 0.15) is 0 Å². The molecule has 0 bridgehead atoms. The van der Waals surface area contributed by atoms with Gasteiger partial charge in [0, 0.05) is 13.6 Å². The van der Waals surface area contributed by atoms with Gasteiger partial charge in [0.15, 0.2) is 0 Å². The fraction of sp³-hybridized carbons (Fsp3) is 0.500. The molecule has 1 atom stereocenters. The lowest BCUT2D eigenvalue weighted by Gasteiger charge is -2.22. The van der Waals surface area contributed by atoms with Gasteiger partial charge >= 0.3 is 0 Å². The van der Waals surface area contributed by atoms with Crippen molar-refractivity contribution >= 4 is 17.4 Å². The number of nitrogens with zero attached hydrogens (tertiary/aromatic N) is 1. The second-order valence-electron chi connectivity index (χ2n) is 4.26. The Morgan fingerprint density at radius 3 is 2.59 bits per heavy atom. The molecule has 2 nitrogen and oxygen atoms in total. The minimum Gasteiger partial charge on any atom is -0.468 e. The first kappa shape index (κ1) is 14.0. The second kappa shape index (κ2) is 7.28. The van der Waals surface area contributed by atoms with E-state index in [1.54, 1.807) is 0 Å². The van der Waals surface area contributed by atoms with Crippen LogP contribution in [-0.4, -0.2) is 29.8 Å². The average molecular weight is 251 g/mol. The molecule has 0 aliphatic rings. The van der Waals surface area contributed by atoms with Gasteiger partial charge in [0.2, 0.25) is 0 Å². The number of hydrogen-bond acceptors (Lipinski definition) is 2. The Morgan fingerprint density at radius 1 is 1.35 bits per heavy atom. The number of rotatable bonds is 5. The van der Waals surface area contributed by atoms with Crippen molar-refractivity contribution < 1.29 is 4.74 Å². The molecule has 0 heterocycles. The highest BCUT2D eigenvalue weighted by Crippen LogP contribution is 2.04. The van der Waals surface area contributed by atoms with E-state index in [1.165, 1.54) is 5.56 Å². The lowest BCUT2D eigenvalue weighted by molar-refractivity contribution is 0.176. The Balaban J connectivity index is 2.34. The Hall–Kier alpha value is -1.09. The summed E-state index contributed by atoms with van der Waals surface area (Å²) in [5, 5.41) is 0.593. The Labute approximate surface area is 110 Å². The zero-order valence-corrected chi connectivity index (χ0v) is 11.7. The standard InChI is InChI=1S/C14H21NOS/c1-4-12(2)16-14(17)15(3)11-10-13-8-6-5-7-9-13/h5-9,12H,4,10-11H2,1-3H3. The molecular formula is C14H21NOS. The fourth-order valence-corrected chi connectivity index (χ4v) is 1.63. The normalized spacial score (nSPS) is 11.9. The molecule has 0 spiro atoms. The highest BCUT2D eigenvalue weighted by molar-refractivity contribution is 7.80. The third-order valence-corrected chi connectivity index (χ3v) is 3.18. The molecule has 0 radical (unpaired) electrons. The maximum atomic E-state index is 5.61. The van der Waals surface area contributed by atoms with Gasteiger partial charge in [0.05, 0.1) is 6.10 Å². The van der Waals surface area contributed by atoms with Gasteiger partial charge in [-0.3, -0.25) is 0 Å². The van der Waals surface area contributed by atoms with E-state index < -0.39 is 0 Å². The van der Waals surface area contributed by atoms with Crippen LogP contribution in [0.2, 0.25) is 0 Å². The Morgan fingerprint density at radius 2 is 2.00 bits per heavy atom. The maximum absolute atomic E-state index is 5.61. The summed E-state index contributed by atoms with van der Waals surface area (Å²) < 4.78 is 5.61. The summed E-state index contributed by atoms with van der Waals surface area (Å²) in [5.74, 6) is 0. The lowest BCUT2D eigenvalue weighted by atomic mass is 10.1. The number of likely N-dealkylation sites (N-methyl/N-ethyl adjacent to an activating group) is 1. The van der Waals surface area contributed by atoms with Gasteiger partial charge in [-0.1, -0.05) is 37.3 Å². The molecule has 3 heteroatoms. The molecule has 1 unspecified atom stereocenters. The molecular weight excluding hydrogens is 230 g/mol. The molecule has 94 valence electrons. The van der Waals surface area contributed by atoms with Crippen molar-refractivity contribution in [3.05, 3.63) is 35.9 Å². The SMILES string of the molecule is CCC(C)OC(=S)N(C)CCc1ccccc1. The van der Waals surface area contributed by atoms with E-state index in [-0.39, 0.29) is 6.10 Å². The second-order valence-corrected chi connectivity index (χ2v) is 4.61. The summed E-state index contributed by atoms with van der Waals surface area (Å²) >= 11 is 5.24. The maximum Gasteiger partial charge on any atom is 0.259 e. The first-order valence-electron chi connectivity index (χ1n) is 6.09. The molecule has 1 aromatic carbocycles. The van der Waals surface area contributed by atoms with E-state index in [9.17, 15) is 0 Å². The Kier molecular flexibility index (Phi) is 5.98. The van der Waals surface area contributed by atoms with Crippen LogP contribution < -0.4 is 0 Å². The van der Waals surface area contributed by atoms with E-state index >= 15 is 0 Å². The predicted molar refractivity (Wildman–Crippen MR) is 76.2 cm³/mol. The number of hydrogen-bond donors (Lipinski definition) is 0. The van der Waals surface area contributed by atoms with Crippen LogP contribution in [0.3, 0.4) is 0 Å². The molecule has 0 aliphatic heterocycles. The molecule has 0 fully saturated rings.